The Morgan fingerprint density at radius 2 is 1.22 bits per heavy atom. The van der Waals surface area contributed by atoms with Crippen molar-refractivity contribution in [3.8, 4) is 0 Å². The molecule has 18 heavy (non-hydrogen) atoms. The molecule has 0 aromatic rings. The SMILES string of the molecule is CCCCOC(=O)/C=C\C(=O)OCCCC.[OH].[SnH2]. The van der Waals surface area contributed by atoms with Crippen LogP contribution in [-0.2, 0) is 19.1 Å². The van der Waals surface area contributed by atoms with Crippen LogP contribution in [0.25, 0.3) is 0 Å². The van der Waals surface area contributed by atoms with Crippen molar-refractivity contribution in [2.24, 2.45) is 0 Å². The predicted octanol–water partition coefficient (Wildman–Crippen LogP) is 1.14. The number of esters is 2. The second-order valence-corrected chi connectivity index (χ2v) is 3.38. The van der Waals surface area contributed by atoms with E-state index in [-0.39, 0.29) is 29.4 Å². The first-order chi connectivity index (χ1) is 7.70. The van der Waals surface area contributed by atoms with Gasteiger partial charge in [-0.2, -0.15) is 0 Å². The quantitative estimate of drug-likeness (QED) is 0.302. The molecule has 0 aliphatic carbocycles. The van der Waals surface area contributed by atoms with Gasteiger partial charge in [-0.1, -0.05) is 26.7 Å². The van der Waals surface area contributed by atoms with Crippen LogP contribution >= 0.6 is 0 Å². The van der Waals surface area contributed by atoms with Gasteiger partial charge < -0.3 is 9.47 Å². The molecule has 0 aromatic heterocycles. The van der Waals surface area contributed by atoms with Crippen molar-refractivity contribution in [1.82, 2.24) is 0 Å². The second-order valence-electron chi connectivity index (χ2n) is 3.38. The molecule has 0 fully saturated rings. The number of rotatable bonds is 8. The van der Waals surface area contributed by atoms with Crippen LogP contribution in [0.15, 0.2) is 12.2 Å². The maximum atomic E-state index is 11.0. The molecule has 0 aliphatic rings. The van der Waals surface area contributed by atoms with Crippen molar-refractivity contribution in [3.63, 3.8) is 0 Å². The van der Waals surface area contributed by atoms with Crippen LogP contribution in [0.4, 0.5) is 0 Å². The van der Waals surface area contributed by atoms with E-state index in [1.807, 2.05) is 13.8 Å². The van der Waals surface area contributed by atoms with E-state index in [4.69, 9.17) is 9.47 Å². The molecule has 0 saturated carbocycles. The summed E-state index contributed by atoms with van der Waals surface area (Å²) in [4.78, 5) is 22.1. The van der Waals surface area contributed by atoms with Crippen molar-refractivity contribution < 1.29 is 24.5 Å². The summed E-state index contributed by atoms with van der Waals surface area (Å²) in [5.41, 5.74) is 0. The molecular weight excluding hydrogens is 343 g/mol. The molecule has 0 saturated heterocycles. The van der Waals surface area contributed by atoms with Crippen molar-refractivity contribution in [2.45, 2.75) is 39.5 Å². The summed E-state index contributed by atoms with van der Waals surface area (Å²) in [6.45, 7) is 4.80. The van der Waals surface area contributed by atoms with Crippen LogP contribution < -0.4 is 0 Å². The Balaban J connectivity index is -0.00000112. The van der Waals surface area contributed by atoms with E-state index >= 15 is 0 Å². The van der Waals surface area contributed by atoms with Crippen LogP contribution in [0.5, 0.6) is 0 Å². The normalized spacial score (nSPS) is 9.22. The average molecular weight is 366 g/mol. The number of unbranched alkanes of at least 4 members (excludes halogenated alkanes) is 2. The number of hydrogen-bond acceptors (Lipinski definition) is 4. The van der Waals surface area contributed by atoms with E-state index in [0.29, 0.717) is 13.2 Å². The van der Waals surface area contributed by atoms with Gasteiger partial charge in [0.1, 0.15) is 0 Å². The standard InChI is InChI=1S/C12H20O4.HO.Sn.2H/c1-3-5-9-15-11(13)7-8-12(14)16-10-6-4-2;;;;/h7-8H,3-6,9-10H2,1-2H3;1H;;;/b8-7-;;;;. The van der Waals surface area contributed by atoms with Crippen LogP contribution in [0.2, 0.25) is 0 Å². The van der Waals surface area contributed by atoms with E-state index in [9.17, 15) is 9.59 Å². The first-order valence-electron chi connectivity index (χ1n) is 5.72. The summed E-state index contributed by atoms with van der Waals surface area (Å²) in [6, 6.07) is 0. The molecule has 0 spiro atoms. The molecule has 5 nitrogen and oxygen atoms in total. The van der Waals surface area contributed by atoms with E-state index in [2.05, 4.69) is 0 Å². The van der Waals surface area contributed by atoms with E-state index < -0.39 is 11.9 Å². The monoisotopic (exact) mass is 367 g/mol. The minimum absolute atomic E-state index is 0. The summed E-state index contributed by atoms with van der Waals surface area (Å²) in [5, 5.41) is 0. The Kier molecular flexibility index (Phi) is 20.6. The Morgan fingerprint density at radius 3 is 1.50 bits per heavy atom. The average Bonchev–Trinajstić information content (AvgIpc) is 2.27. The Hall–Kier alpha value is -0.561. The zero-order valence-electron chi connectivity index (χ0n) is 11.2. The van der Waals surface area contributed by atoms with Crippen LogP contribution in [-0.4, -0.2) is 54.5 Å². The number of carbonyl (C=O) groups excluding carboxylic acids is 2. The van der Waals surface area contributed by atoms with Crippen molar-refractivity contribution in [2.75, 3.05) is 13.2 Å². The van der Waals surface area contributed by atoms with Crippen LogP contribution in [0, 0.1) is 0 Å². The van der Waals surface area contributed by atoms with Gasteiger partial charge in [0.2, 0.25) is 0 Å². The molecule has 0 amide bonds. The van der Waals surface area contributed by atoms with Crippen molar-refractivity contribution in [3.05, 3.63) is 12.2 Å². The fourth-order valence-electron chi connectivity index (χ4n) is 0.867. The summed E-state index contributed by atoms with van der Waals surface area (Å²) in [7, 11) is 0. The molecule has 0 unspecified atom stereocenters. The third-order valence-electron chi connectivity index (χ3n) is 1.84. The maximum absolute atomic E-state index is 11.0. The van der Waals surface area contributed by atoms with Gasteiger partial charge >= 0.3 is 35.8 Å². The zero-order chi connectivity index (χ0) is 12.2. The van der Waals surface area contributed by atoms with Gasteiger partial charge in [-0.05, 0) is 12.8 Å². The summed E-state index contributed by atoms with van der Waals surface area (Å²) >= 11 is 0. The van der Waals surface area contributed by atoms with Crippen LogP contribution in [0.3, 0.4) is 0 Å². The first-order valence-corrected chi connectivity index (χ1v) is 5.72. The predicted molar refractivity (Wildman–Crippen MR) is 71.4 cm³/mol. The number of carbonyl (C=O) groups is 2. The molecule has 0 bridgehead atoms. The van der Waals surface area contributed by atoms with Gasteiger partial charge in [-0.3, -0.25) is 5.48 Å². The molecule has 0 aromatic carbocycles. The molecule has 1 N–H and O–H groups in total. The Morgan fingerprint density at radius 1 is 0.889 bits per heavy atom. The molecule has 6 heteroatoms. The summed E-state index contributed by atoms with van der Waals surface area (Å²) in [6.07, 6.45) is 5.81. The van der Waals surface area contributed by atoms with Gasteiger partial charge in [0.15, 0.2) is 0 Å². The van der Waals surface area contributed by atoms with E-state index in [1.54, 1.807) is 0 Å². The van der Waals surface area contributed by atoms with Crippen molar-refractivity contribution >= 4 is 35.8 Å². The van der Waals surface area contributed by atoms with Gasteiger partial charge in [0, 0.05) is 12.2 Å². The second kappa shape index (κ2) is 16.4. The van der Waals surface area contributed by atoms with E-state index in [0.717, 1.165) is 37.8 Å². The third-order valence-corrected chi connectivity index (χ3v) is 1.84. The molecule has 0 atom stereocenters. The van der Waals surface area contributed by atoms with Gasteiger partial charge in [0.25, 0.3) is 0 Å². The van der Waals surface area contributed by atoms with Crippen molar-refractivity contribution in [1.29, 1.82) is 0 Å². The van der Waals surface area contributed by atoms with Gasteiger partial charge in [-0.25, -0.2) is 9.59 Å². The molecule has 0 rings (SSSR count). The topological polar surface area (TPSA) is 82.6 Å². The van der Waals surface area contributed by atoms with Crippen LogP contribution in [0.1, 0.15) is 39.5 Å². The van der Waals surface area contributed by atoms with Gasteiger partial charge in [-0.15, -0.1) is 0 Å². The molecule has 3 radical (unpaired) electrons. The number of hydrogen-bond donors (Lipinski definition) is 1. The fourth-order valence-corrected chi connectivity index (χ4v) is 0.867. The number of ether oxygens (including phenoxy) is 2. The molecule has 105 valence electrons. The molecule has 0 heterocycles. The minimum atomic E-state index is -0.499. The first kappa shape index (κ1) is 22.6. The summed E-state index contributed by atoms with van der Waals surface area (Å²) < 4.78 is 9.65. The summed E-state index contributed by atoms with van der Waals surface area (Å²) in [5.74, 6) is -0.998. The van der Waals surface area contributed by atoms with E-state index in [1.165, 1.54) is 0 Å². The molecular formula is C12H23O5Sn. The Bertz CT molecular complexity index is 217. The zero-order valence-corrected chi connectivity index (χ0v) is 15.2. The Labute approximate surface area is 125 Å². The fraction of sp³-hybridized carbons (Fsp3) is 0.667. The third kappa shape index (κ3) is 15.4. The molecule has 0 aliphatic heterocycles. The van der Waals surface area contributed by atoms with Gasteiger partial charge in [0.05, 0.1) is 13.2 Å².